The molecular weight excluding hydrogens is 357 g/mol. The van der Waals surface area contributed by atoms with E-state index in [0.717, 1.165) is 19.5 Å². The van der Waals surface area contributed by atoms with Crippen molar-refractivity contribution in [3.63, 3.8) is 0 Å². The number of nitrogens with zero attached hydrogens (tertiary/aromatic N) is 3. The summed E-state index contributed by atoms with van der Waals surface area (Å²) in [5, 5.41) is 4.55. The van der Waals surface area contributed by atoms with Crippen LogP contribution in [0.3, 0.4) is 0 Å². The van der Waals surface area contributed by atoms with Crippen molar-refractivity contribution in [1.29, 1.82) is 0 Å². The lowest BCUT2D eigenvalue weighted by Crippen LogP contribution is -2.51. The monoisotopic (exact) mass is 379 g/mol. The second kappa shape index (κ2) is 7.46. The van der Waals surface area contributed by atoms with Crippen molar-refractivity contribution in [2.45, 2.75) is 19.4 Å². The van der Waals surface area contributed by atoms with Gasteiger partial charge in [0.25, 0.3) is 5.56 Å². The van der Waals surface area contributed by atoms with Gasteiger partial charge in [0.1, 0.15) is 11.6 Å². The van der Waals surface area contributed by atoms with E-state index < -0.39 is 0 Å². The Bertz CT molecular complexity index is 1060. The molecule has 1 fully saturated rings. The Hall–Kier alpha value is -3.15. The van der Waals surface area contributed by atoms with E-state index in [2.05, 4.69) is 29.1 Å². The van der Waals surface area contributed by atoms with E-state index in [0.29, 0.717) is 17.0 Å². The van der Waals surface area contributed by atoms with E-state index >= 15 is 0 Å². The molecule has 4 rings (SSSR count). The summed E-state index contributed by atoms with van der Waals surface area (Å²) < 4.78 is 20.3. The lowest BCUT2D eigenvalue weighted by molar-refractivity contribution is 0.354. The predicted molar refractivity (Wildman–Crippen MR) is 108 cm³/mol. The van der Waals surface area contributed by atoms with Crippen molar-refractivity contribution in [3.8, 4) is 17.0 Å². The first-order chi connectivity index (χ1) is 13.6. The fourth-order valence-corrected chi connectivity index (χ4v) is 3.63. The number of ether oxygens (including phenoxy) is 1. The van der Waals surface area contributed by atoms with Crippen LogP contribution in [0.2, 0.25) is 0 Å². The smallest absolute Gasteiger partial charge is 0.267 e. The van der Waals surface area contributed by atoms with Crippen molar-refractivity contribution in [2.24, 2.45) is 0 Å². The minimum atomic E-state index is -0.377. The molecule has 144 valence electrons. The van der Waals surface area contributed by atoms with Gasteiger partial charge in [-0.3, -0.25) is 4.79 Å². The minimum absolute atomic E-state index is 0.00352. The Morgan fingerprint density at radius 3 is 2.68 bits per heavy atom. The summed E-state index contributed by atoms with van der Waals surface area (Å²) in [7, 11) is 1.49. The summed E-state index contributed by atoms with van der Waals surface area (Å²) in [6.07, 6.45) is 0.968. The standard InChI is InChI=1S/C22H22FN3O2/c1-3-15-6-4-5-7-20(15)25-13-17(14-25)26-22(27)11-10-19(24-26)18-9-8-16(23)12-21(18)28-2/h4-12,17H,3,13-14H2,1-2H3. The highest BCUT2D eigenvalue weighted by atomic mass is 19.1. The van der Waals surface area contributed by atoms with Gasteiger partial charge in [-0.05, 0) is 36.2 Å². The Kier molecular flexibility index (Phi) is 4.86. The van der Waals surface area contributed by atoms with Crippen LogP contribution in [0.1, 0.15) is 18.5 Å². The molecule has 0 unspecified atom stereocenters. The van der Waals surface area contributed by atoms with Gasteiger partial charge >= 0.3 is 0 Å². The van der Waals surface area contributed by atoms with Gasteiger partial charge in [0.15, 0.2) is 0 Å². The van der Waals surface area contributed by atoms with Crippen molar-refractivity contribution in [2.75, 3.05) is 25.1 Å². The summed E-state index contributed by atoms with van der Waals surface area (Å²) in [5.41, 5.74) is 3.61. The molecule has 0 bridgehead atoms. The number of rotatable bonds is 5. The van der Waals surface area contributed by atoms with Crippen LogP contribution in [0.4, 0.5) is 10.1 Å². The molecule has 0 aliphatic carbocycles. The van der Waals surface area contributed by atoms with Gasteiger partial charge in [-0.15, -0.1) is 0 Å². The number of para-hydroxylation sites is 1. The van der Waals surface area contributed by atoms with E-state index in [9.17, 15) is 9.18 Å². The van der Waals surface area contributed by atoms with Crippen molar-refractivity contribution >= 4 is 5.69 Å². The maximum atomic E-state index is 13.5. The van der Waals surface area contributed by atoms with Crippen LogP contribution in [-0.4, -0.2) is 30.0 Å². The fraction of sp³-hybridized carbons (Fsp3) is 0.273. The molecule has 1 aliphatic rings. The zero-order valence-electron chi connectivity index (χ0n) is 15.9. The minimum Gasteiger partial charge on any atom is -0.496 e. The summed E-state index contributed by atoms with van der Waals surface area (Å²) >= 11 is 0. The highest BCUT2D eigenvalue weighted by Gasteiger charge is 2.31. The Labute approximate surface area is 163 Å². The lowest BCUT2D eigenvalue weighted by Gasteiger charge is -2.42. The van der Waals surface area contributed by atoms with E-state index in [1.54, 1.807) is 12.1 Å². The van der Waals surface area contributed by atoms with Gasteiger partial charge < -0.3 is 9.64 Å². The Balaban J connectivity index is 1.61. The number of halogens is 1. The molecule has 0 amide bonds. The summed E-state index contributed by atoms with van der Waals surface area (Å²) in [4.78, 5) is 14.7. The van der Waals surface area contributed by atoms with Gasteiger partial charge in [-0.2, -0.15) is 5.10 Å². The van der Waals surface area contributed by atoms with Crippen LogP contribution in [-0.2, 0) is 6.42 Å². The molecule has 0 N–H and O–H groups in total. The number of hydrogen-bond donors (Lipinski definition) is 0. The van der Waals surface area contributed by atoms with Crippen LogP contribution in [0.5, 0.6) is 5.75 Å². The molecule has 1 saturated heterocycles. The number of aryl methyl sites for hydroxylation is 1. The third kappa shape index (κ3) is 3.26. The summed E-state index contributed by atoms with van der Waals surface area (Å²) in [6, 6.07) is 15.8. The highest BCUT2D eigenvalue weighted by Crippen LogP contribution is 2.32. The normalized spacial score (nSPS) is 14.0. The summed E-state index contributed by atoms with van der Waals surface area (Å²) in [5.74, 6) is 0.0166. The average Bonchev–Trinajstić information content (AvgIpc) is 2.68. The Morgan fingerprint density at radius 2 is 1.93 bits per heavy atom. The molecule has 28 heavy (non-hydrogen) atoms. The van der Waals surface area contributed by atoms with Crippen LogP contribution < -0.4 is 15.2 Å². The lowest BCUT2D eigenvalue weighted by atomic mass is 10.0. The molecule has 2 heterocycles. The molecule has 0 atom stereocenters. The van der Waals surface area contributed by atoms with Crippen molar-refractivity contribution in [1.82, 2.24) is 9.78 Å². The van der Waals surface area contributed by atoms with Crippen molar-refractivity contribution in [3.05, 3.63) is 76.3 Å². The third-order valence-electron chi connectivity index (χ3n) is 5.19. The Morgan fingerprint density at radius 1 is 1.14 bits per heavy atom. The van der Waals surface area contributed by atoms with E-state index in [1.807, 2.05) is 12.1 Å². The average molecular weight is 379 g/mol. The van der Waals surface area contributed by atoms with Gasteiger partial charge in [-0.25, -0.2) is 9.07 Å². The molecule has 3 aromatic rings. The van der Waals surface area contributed by atoms with Gasteiger partial charge in [-0.1, -0.05) is 25.1 Å². The van der Waals surface area contributed by atoms with Crippen molar-refractivity contribution < 1.29 is 9.13 Å². The first-order valence-electron chi connectivity index (χ1n) is 9.37. The third-order valence-corrected chi connectivity index (χ3v) is 5.19. The number of aromatic nitrogens is 2. The van der Waals surface area contributed by atoms with E-state index in [-0.39, 0.29) is 17.4 Å². The molecule has 1 aliphatic heterocycles. The van der Waals surface area contributed by atoms with Crippen LogP contribution in [0, 0.1) is 5.82 Å². The van der Waals surface area contributed by atoms with Crippen LogP contribution in [0.25, 0.3) is 11.3 Å². The molecule has 5 nitrogen and oxygen atoms in total. The number of benzene rings is 2. The van der Waals surface area contributed by atoms with Gasteiger partial charge in [0.05, 0.1) is 18.8 Å². The largest absolute Gasteiger partial charge is 0.496 e. The SMILES string of the molecule is CCc1ccccc1N1CC(n2nc(-c3ccc(F)cc3OC)ccc2=O)C1. The zero-order valence-corrected chi connectivity index (χ0v) is 15.9. The molecule has 6 heteroatoms. The second-order valence-electron chi connectivity index (χ2n) is 6.89. The quantitative estimate of drug-likeness (QED) is 0.679. The second-order valence-corrected chi connectivity index (χ2v) is 6.89. The van der Waals surface area contributed by atoms with Crippen LogP contribution in [0.15, 0.2) is 59.4 Å². The molecule has 2 aromatic carbocycles. The number of anilines is 1. The molecule has 1 aromatic heterocycles. The first-order valence-corrected chi connectivity index (χ1v) is 9.37. The molecular formula is C22H22FN3O2. The topological polar surface area (TPSA) is 47.4 Å². The first kappa shape index (κ1) is 18.2. The molecule has 0 saturated carbocycles. The highest BCUT2D eigenvalue weighted by molar-refractivity contribution is 5.66. The van der Waals surface area contributed by atoms with Gasteiger partial charge in [0.2, 0.25) is 0 Å². The predicted octanol–water partition coefficient (Wildman–Crippen LogP) is 3.68. The van der Waals surface area contributed by atoms with E-state index in [4.69, 9.17) is 4.74 Å². The molecule has 0 radical (unpaired) electrons. The fourth-order valence-electron chi connectivity index (χ4n) is 3.63. The number of hydrogen-bond acceptors (Lipinski definition) is 4. The van der Waals surface area contributed by atoms with E-state index in [1.165, 1.54) is 41.2 Å². The van der Waals surface area contributed by atoms with Crippen LogP contribution >= 0.6 is 0 Å². The molecule has 0 spiro atoms. The summed E-state index contributed by atoms with van der Waals surface area (Å²) in [6.45, 7) is 3.60. The number of methoxy groups -OCH3 is 1. The zero-order chi connectivity index (χ0) is 19.7. The maximum Gasteiger partial charge on any atom is 0.267 e. The van der Waals surface area contributed by atoms with Gasteiger partial charge in [0, 0.05) is 36.5 Å². The maximum absolute atomic E-state index is 13.5.